The molecule has 1 N–H and O–H groups in total. The minimum atomic E-state index is -4.86. The van der Waals surface area contributed by atoms with Gasteiger partial charge in [0.25, 0.3) is 5.91 Å². The molecule has 0 saturated heterocycles. The van der Waals surface area contributed by atoms with Crippen molar-refractivity contribution in [3.8, 4) is 33.8 Å². The normalized spacial score (nSPS) is 11.6. The lowest BCUT2D eigenvalue weighted by Gasteiger charge is -2.19. The highest BCUT2D eigenvalue weighted by Crippen LogP contribution is 2.38. The van der Waals surface area contributed by atoms with E-state index in [9.17, 15) is 35.9 Å². The lowest BCUT2D eigenvalue weighted by atomic mass is 9.99. The van der Waals surface area contributed by atoms with Gasteiger partial charge >= 0.3 is 12.7 Å². The molecule has 0 spiro atoms. The number of alkyl halides is 6. The van der Waals surface area contributed by atoms with Crippen LogP contribution in [-0.2, 0) is 4.79 Å². The minimum absolute atomic E-state index is 0.164. The standard InChI is InChI=1S/C27H18F6N2O4S/c1-35(19-8-12-21(13-9-19)39-27(31,32)33)25(37)23-22(14-40-24(23)34-15-36)18-4-2-16(3-5-18)17-6-10-20(11-7-17)38-26(28,29)30/h2-15H,1H3,(H,34,36). The van der Waals surface area contributed by atoms with Crippen LogP contribution in [0.4, 0.5) is 37.0 Å². The number of carbonyl (C=O) groups is 2. The lowest BCUT2D eigenvalue weighted by Crippen LogP contribution is -2.27. The van der Waals surface area contributed by atoms with Crippen LogP contribution in [-0.4, -0.2) is 32.1 Å². The van der Waals surface area contributed by atoms with E-state index in [-0.39, 0.29) is 22.0 Å². The SMILES string of the molecule is CN(C(=O)c1c(-c2ccc(-c3ccc(OC(F)(F)F)cc3)cc2)csc1NC=O)c1ccc(OC(F)(F)F)cc1. The summed E-state index contributed by atoms with van der Waals surface area (Å²) < 4.78 is 82.4. The van der Waals surface area contributed by atoms with Gasteiger partial charge in [0.1, 0.15) is 16.5 Å². The summed E-state index contributed by atoms with van der Waals surface area (Å²) in [5.74, 6) is -1.33. The van der Waals surface area contributed by atoms with Gasteiger partial charge in [-0.2, -0.15) is 0 Å². The van der Waals surface area contributed by atoms with Gasteiger partial charge in [-0.25, -0.2) is 0 Å². The Bertz CT molecular complexity index is 1480. The summed E-state index contributed by atoms with van der Waals surface area (Å²) in [5.41, 5.74) is 2.86. The Morgan fingerprint density at radius 1 is 0.775 bits per heavy atom. The Labute approximate surface area is 227 Å². The maximum Gasteiger partial charge on any atom is 0.573 e. The van der Waals surface area contributed by atoms with E-state index in [2.05, 4.69) is 14.8 Å². The van der Waals surface area contributed by atoms with E-state index in [1.54, 1.807) is 29.6 Å². The first-order valence-corrected chi connectivity index (χ1v) is 12.1. The molecule has 1 aromatic heterocycles. The number of hydrogen-bond acceptors (Lipinski definition) is 5. The summed E-state index contributed by atoms with van der Waals surface area (Å²) in [6.45, 7) is 0. The molecule has 0 fully saturated rings. The van der Waals surface area contributed by atoms with Crippen molar-refractivity contribution in [1.29, 1.82) is 0 Å². The molecule has 208 valence electrons. The van der Waals surface area contributed by atoms with Crippen LogP contribution in [0.3, 0.4) is 0 Å². The average molecular weight is 581 g/mol. The molecule has 2 amide bonds. The highest BCUT2D eigenvalue weighted by atomic mass is 32.1. The van der Waals surface area contributed by atoms with E-state index in [0.29, 0.717) is 28.7 Å². The number of rotatable bonds is 8. The Hall–Kier alpha value is -4.52. The van der Waals surface area contributed by atoms with E-state index in [1.165, 1.54) is 48.3 Å². The molecular weight excluding hydrogens is 562 g/mol. The number of anilines is 2. The third-order valence-corrected chi connectivity index (χ3v) is 6.49. The van der Waals surface area contributed by atoms with Crippen molar-refractivity contribution < 1.29 is 45.4 Å². The zero-order valence-electron chi connectivity index (χ0n) is 20.3. The van der Waals surface area contributed by atoms with Gasteiger partial charge in [0.05, 0.1) is 5.56 Å². The molecular formula is C27H18F6N2O4S. The number of benzene rings is 3. The Kier molecular flexibility index (Phi) is 8.05. The fourth-order valence-corrected chi connectivity index (χ4v) is 4.71. The number of amides is 2. The average Bonchev–Trinajstić information content (AvgIpc) is 3.31. The zero-order valence-corrected chi connectivity index (χ0v) is 21.2. The fraction of sp³-hybridized carbons (Fsp3) is 0.111. The topological polar surface area (TPSA) is 67.9 Å². The summed E-state index contributed by atoms with van der Waals surface area (Å²) in [6, 6.07) is 16.9. The van der Waals surface area contributed by atoms with E-state index >= 15 is 0 Å². The number of hydrogen-bond donors (Lipinski definition) is 1. The van der Waals surface area contributed by atoms with Crippen LogP contribution in [0.25, 0.3) is 22.3 Å². The molecule has 3 aromatic carbocycles. The quantitative estimate of drug-likeness (QED) is 0.171. The van der Waals surface area contributed by atoms with Gasteiger partial charge in [0, 0.05) is 23.7 Å². The van der Waals surface area contributed by atoms with Crippen molar-refractivity contribution in [2.24, 2.45) is 0 Å². The maximum atomic E-state index is 13.5. The van der Waals surface area contributed by atoms with Crippen molar-refractivity contribution in [3.05, 3.63) is 83.7 Å². The molecule has 0 unspecified atom stereocenters. The highest BCUT2D eigenvalue weighted by Gasteiger charge is 2.32. The maximum absolute atomic E-state index is 13.5. The van der Waals surface area contributed by atoms with Crippen molar-refractivity contribution >= 4 is 34.3 Å². The number of ether oxygens (including phenoxy) is 2. The van der Waals surface area contributed by atoms with E-state index in [0.717, 1.165) is 23.5 Å². The second-order valence-corrected chi connectivity index (χ2v) is 9.05. The summed E-state index contributed by atoms with van der Waals surface area (Å²) >= 11 is 1.11. The summed E-state index contributed by atoms with van der Waals surface area (Å²) in [6.07, 6.45) is -9.23. The van der Waals surface area contributed by atoms with Crippen molar-refractivity contribution in [3.63, 3.8) is 0 Å². The third-order valence-electron chi connectivity index (χ3n) is 5.57. The largest absolute Gasteiger partial charge is 0.573 e. The van der Waals surface area contributed by atoms with Crippen molar-refractivity contribution in [2.45, 2.75) is 12.7 Å². The first-order valence-electron chi connectivity index (χ1n) is 11.3. The smallest absolute Gasteiger partial charge is 0.406 e. The third kappa shape index (κ3) is 6.91. The van der Waals surface area contributed by atoms with Gasteiger partial charge in [-0.15, -0.1) is 37.7 Å². The fourth-order valence-electron chi connectivity index (χ4n) is 3.79. The minimum Gasteiger partial charge on any atom is -0.406 e. The summed E-state index contributed by atoms with van der Waals surface area (Å²) in [5, 5.41) is 4.44. The van der Waals surface area contributed by atoms with E-state index in [1.807, 2.05) is 0 Å². The molecule has 0 radical (unpaired) electrons. The van der Waals surface area contributed by atoms with Crippen molar-refractivity contribution in [1.82, 2.24) is 0 Å². The molecule has 0 aliphatic rings. The van der Waals surface area contributed by atoms with Gasteiger partial charge in [-0.05, 0) is 53.1 Å². The predicted molar refractivity (Wildman–Crippen MR) is 137 cm³/mol. The van der Waals surface area contributed by atoms with Crippen LogP contribution >= 0.6 is 11.3 Å². The molecule has 0 aliphatic carbocycles. The molecule has 0 bridgehead atoms. The summed E-state index contributed by atoms with van der Waals surface area (Å²) in [4.78, 5) is 25.9. The number of nitrogens with zero attached hydrogens (tertiary/aromatic N) is 1. The molecule has 6 nitrogen and oxygen atoms in total. The number of carbonyl (C=O) groups excluding carboxylic acids is 2. The first-order chi connectivity index (χ1) is 18.8. The van der Waals surface area contributed by atoms with Crippen LogP contribution in [0.1, 0.15) is 10.4 Å². The molecule has 4 aromatic rings. The molecule has 0 saturated carbocycles. The van der Waals surface area contributed by atoms with Gasteiger partial charge in [-0.1, -0.05) is 36.4 Å². The monoisotopic (exact) mass is 580 g/mol. The Morgan fingerprint density at radius 3 is 1.70 bits per heavy atom. The second kappa shape index (κ2) is 11.3. The van der Waals surface area contributed by atoms with Crippen molar-refractivity contribution in [2.75, 3.05) is 17.3 Å². The van der Waals surface area contributed by atoms with E-state index in [4.69, 9.17) is 0 Å². The molecule has 1 heterocycles. The van der Waals surface area contributed by atoms with Crippen LogP contribution in [0.15, 0.2) is 78.2 Å². The highest BCUT2D eigenvalue weighted by molar-refractivity contribution is 7.15. The molecule has 0 aliphatic heterocycles. The summed E-state index contributed by atoms with van der Waals surface area (Å²) in [7, 11) is 1.43. The van der Waals surface area contributed by atoms with Crippen LogP contribution in [0.2, 0.25) is 0 Å². The van der Waals surface area contributed by atoms with Crippen LogP contribution < -0.4 is 19.7 Å². The molecule has 4 rings (SSSR count). The number of thiophene rings is 1. The van der Waals surface area contributed by atoms with Gasteiger partial charge in [-0.3, -0.25) is 9.59 Å². The Morgan fingerprint density at radius 2 is 1.23 bits per heavy atom. The molecule has 0 atom stereocenters. The first kappa shape index (κ1) is 28.5. The molecule has 13 heteroatoms. The van der Waals surface area contributed by atoms with Gasteiger partial charge in [0.15, 0.2) is 0 Å². The predicted octanol–water partition coefficient (Wildman–Crippen LogP) is 7.72. The van der Waals surface area contributed by atoms with Crippen LogP contribution in [0.5, 0.6) is 11.5 Å². The zero-order chi connectivity index (χ0) is 29.1. The Balaban J connectivity index is 1.59. The van der Waals surface area contributed by atoms with E-state index < -0.39 is 24.4 Å². The molecule has 40 heavy (non-hydrogen) atoms. The second-order valence-electron chi connectivity index (χ2n) is 8.17. The van der Waals surface area contributed by atoms with Gasteiger partial charge in [0.2, 0.25) is 6.41 Å². The van der Waals surface area contributed by atoms with Gasteiger partial charge < -0.3 is 19.7 Å². The number of nitrogens with one attached hydrogen (secondary N) is 1. The number of halogens is 6. The van der Waals surface area contributed by atoms with Crippen LogP contribution in [0, 0.1) is 0 Å². The lowest BCUT2D eigenvalue weighted by molar-refractivity contribution is -0.275.